The van der Waals surface area contributed by atoms with Crippen LogP contribution in [0, 0.1) is 0 Å². The van der Waals surface area contributed by atoms with Gasteiger partial charge >= 0.3 is 7.82 Å². The minimum Gasteiger partial charge on any atom is -0.497 e. The van der Waals surface area contributed by atoms with Crippen LogP contribution in [0.4, 0.5) is 5.69 Å². The van der Waals surface area contributed by atoms with Gasteiger partial charge in [0.25, 0.3) is 0 Å². The third-order valence-corrected chi connectivity index (χ3v) is 1.38. The van der Waals surface area contributed by atoms with Crippen LogP contribution in [-0.4, -0.2) is 21.8 Å². The molecule has 0 spiro atoms. The number of hydrogen-bond acceptors (Lipinski definition) is 4. The Morgan fingerprint density at radius 1 is 1.25 bits per heavy atom. The second kappa shape index (κ2) is 7.45. The molecule has 0 radical (unpaired) electrons. The summed E-state index contributed by atoms with van der Waals surface area (Å²) in [5, 5.41) is 0. The Morgan fingerprint density at radius 2 is 1.69 bits per heavy atom. The molecular formula is C7H12ClN2O5P. The van der Waals surface area contributed by atoms with Crippen molar-refractivity contribution in [3.8, 4) is 5.75 Å². The van der Waals surface area contributed by atoms with Gasteiger partial charge in [0.15, 0.2) is 0 Å². The third-order valence-electron chi connectivity index (χ3n) is 1.28. The summed E-state index contributed by atoms with van der Waals surface area (Å²) >= 11 is 5.22. The fourth-order valence-electron chi connectivity index (χ4n) is 0.729. The summed E-state index contributed by atoms with van der Waals surface area (Å²) in [5.74, 6) is 0.824. The van der Waals surface area contributed by atoms with Gasteiger partial charge in [-0.1, -0.05) is 0 Å². The van der Waals surface area contributed by atoms with Crippen molar-refractivity contribution >= 4 is 25.3 Å². The largest absolute Gasteiger partial charge is 0.497 e. The van der Waals surface area contributed by atoms with Gasteiger partial charge in [-0.25, -0.2) is 4.57 Å². The normalized spacial score (nSPS) is 10.1. The molecule has 0 aliphatic carbocycles. The van der Waals surface area contributed by atoms with E-state index in [1.807, 2.05) is 24.3 Å². The van der Waals surface area contributed by atoms with Gasteiger partial charge in [0.1, 0.15) is 5.75 Å². The van der Waals surface area contributed by atoms with Crippen LogP contribution in [0.5, 0.6) is 5.75 Å². The van der Waals surface area contributed by atoms with Crippen LogP contribution in [0.2, 0.25) is 0 Å². The number of hydrazine groups is 1. The van der Waals surface area contributed by atoms with Gasteiger partial charge in [0.05, 0.1) is 12.8 Å². The first kappa shape index (κ1) is 15.2. The van der Waals surface area contributed by atoms with Crippen LogP contribution in [0.3, 0.4) is 0 Å². The zero-order valence-corrected chi connectivity index (χ0v) is 9.94. The minimum absolute atomic E-state index is 0.824. The van der Waals surface area contributed by atoms with Gasteiger partial charge in [-0.15, -0.1) is 4.94 Å². The first-order valence-electron chi connectivity index (χ1n) is 3.91. The number of ether oxygens (including phenoxy) is 1. The number of halogens is 1. The van der Waals surface area contributed by atoms with E-state index in [0.717, 1.165) is 11.4 Å². The van der Waals surface area contributed by atoms with Crippen molar-refractivity contribution in [1.82, 2.24) is 4.94 Å². The summed E-state index contributed by atoms with van der Waals surface area (Å²) in [7, 11) is -3.01. The summed E-state index contributed by atoms with van der Waals surface area (Å²) in [5.41, 5.74) is 3.61. The molecule has 1 aromatic rings. The number of methoxy groups -OCH3 is 1. The van der Waals surface area contributed by atoms with E-state index < -0.39 is 7.82 Å². The highest BCUT2D eigenvalue weighted by Crippen LogP contribution is 2.25. The van der Waals surface area contributed by atoms with Crippen molar-refractivity contribution in [2.75, 3.05) is 12.5 Å². The zero-order chi connectivity index (χ0) is 12.6. The molecule has 0 fully saturated rings. The summed E-state index contributed by atoms with van der Waals surface area (Å²) < 4.78 is 13.8. The number of hydrogen-bond donors (Lipinski definition) is 5. The Morgan fingerprint density at radius 3 is 2.00 bits per heavy atom. The van der Waals surface area contributed by atoms with Gasteiger partial charge in [-0.3, -0.25) is 0 Å². The molecule has 16 heavy (non-hydrogen) atoms. The van der Waals surface area contributed by atoms with Gasteiger partial charge in [0, 0.05) is 0 Å². The lowest BCUT2D eigenvalue weighted by molar-refractivity contribution is 0.275. The van der Waals surface area contributed by atoms with Crippen molar-refractivity contribution in [2.45, 2.75) is 0 Å². The lowest BCUT2D eigenvalue weighted by Gasteiger charge is -2.02. The molecule has 0 heterocycles. The smallest absolute Gasteiger partial charge is 0.466 e. The highest BCUT2D eigenvalue weighted by Gasteiger charge is 2.00. The molecule has 0 aliphatic heterocycles. The maximum atomic E-state index is 8.88. The Balaban J connectivity index is 0.000000385. The van der Waals surface area contributed by atoms with Gasteiger partial charge in [-0.2, -0.15) is 0 Å². The van der Waals surface area contributed by atoms with E-state index in [1.165, 1.54) is 0 Å². The Hall–Kier alpha value is -0.820. The summed E-state index contributed by atoms with van der Waals surface area (Å²) in [6, 6.07) is 7.40. The average Bonchev–Trinajstić information content (AvgIpc) is 2.17. The third kappa shape index (κ3) is 9.72. The quantitative estimate of drug-likeness (QED) is 0.314. The van der Waals surface area contributed by atoms with Gasteiger partial charge < -0.3 is 24.8 Å². The molecule has 7 nitrogen and oxygen atoms in total. The molecule has 1 aromatic carbocycles. The summed E-state index contributed by atoms with van der Waals surface area (Å²) in [6.07, 6.45) is 0. The number of benzene rings is 1. The van der Waals surface area contributed by atoms with E-state index in [2.05, 4.69) is 10.4 Å². The fraction of sp³-hybridized carbons (Fsp3) is 0.143. The molecule has 5 N–H and O–H groups in total. The monoisotopic (exact) mass is 270 g/mol. The molecule has 1 rings (SSSR count). The predicted molar refractivity (Wildman–Crippen MR) is 59.9 cm³/mol. The topological polar surface area (TPSA) is 111 Å². The van der Waals surface area contributed by atoms with E-state index in [-0.39, 0.29) is 0 Å². The van der Waals surface area contributed by atoms with Crippen LogP contribution in [0.25, 0.3) is 0 Å². The number of anilines is 1. The highest BCUT2D eigenvalue weighted by atomic mass is 35.5. The second-order valence-corrected chi connectivity index (χ2v) is 3.68. The van der Waals surface area contributed by atoms with Crippen LogP contribution in [0.1, 0.15) is 0 Å². The van der Waals surface area contributed by atoms with Gasteiger partial charge in [-0.05, 0) is 36.0 Å². The van der Waals surface area contributed by atoms with Crippen LogP contribution in [0.15, 0.2) is 24.3 Å². The number of rotatable bonds is 3. The fourth-order valence-corrected chi connectivity index (χ4v) is 0.838. The minimum atomic E-state index is -4.64. The molecular weight excluding hydrogens is 259 g/mol. The van der Waals surface area contributed by atoms with Gasteiger partial charge in [0.2, 0.25) is 0 Å². The van der Waals surface area contributed by atoms with E-state index in [1.54, 1.807) is 7.11 Å². The number of phosphoric acid groups is 1. The van der Waals surface area contributed by atoms with Crippen molar-refractivity contribution in [2.24, 2.45) is 0 Å². The standard InChI is InChI=1S/C7H9ClN2O.H3O4P/c1-11-7-4-2-6(3-5-7)9-10-8;1-5(2,3)4/h2-5,9-10H,1H3;(H3,1,2,3,4). The van der Waals surface area contributed by atoms with Crippen molar-refractivity contribution in [1.29, 1.82) is 0 Å². The molecule has 0 saturated carbocycles. The Kier molecular flexibility index (Phi) is 7.07. The maximum Gasteiger partial charge on any atom is 0.466 e. The zero-order valence-electron chi connectivity index (χ0n) is 8.29. The SMILES string of the molecule is COc1ccc(NNCl)cc1.O=P(O)(O)O. The summed E-state index contributed by atoms with van der Waals surface area (Å²) in [4.78, 5) is 23.9. The Labute approximate surface area is 97.3 Å². The lowest BCUT2D eigenvalue weighted by Crippen LogP contribution is -2.07. The van der Waals surface area contributed by atoms with Crippen LogP contribution in [-0.2, 0) is 4.57 Å². The average molecular weight is 271 g/mol. The molecule has 9 heteroatoms. The molecule has 0 unspecified atom stereocenters. The van der Waals surface area contributed by atoms with Crippen molar-refractivity contribution < 1.29 is 24.0 Å². The summed E-state index contributed by atoms with van der Waals surface area (Å²) in [6.45, 7) is 0. The molecule has 0 atom stereocenters. The first-order chi connectivity index (χ1) is 7.36. The molecule has 0 bridgehead atoms. The molecule has 0 saturated heterocycles. The van der Waals surface area contributed by atoms with Crippen molar-refractivity contribution in [3.63, 3.8) is 0 Å². The maximum absolute atomic E-state index is 8.88. The molecule has 0 aromatic heterocycles. The number of nitrogens with one attached hydrogen (secondary N) is 2. The van der Waals surface area contributed by atoms with Crippen LogP contribution < -0.4 is 15.1 Å². The van der Waals surface area contributed by atoms with E-state index in [0.29, 0.717) is 0 Å². The van der Waals surface area contributed by atoms with E-state index in [4.69, 9.17) is 35.8 Å². The molecule has 0 amide bonds. The second-order valence-electron chi connectivity index (χ2n) is 2.46. The molecule has 0 aliphatic rings. The lowest BCUT2D eigenvalue weighted by atomic mass is 10.3. The van der Waals surface area contributed by atoms with E-state index >= 15 is 0 Å². The van der Waals surface area contributed by atoms with E-state index in [9.17, 15) is 0 Å². The highest BCUT2D eigenvalue weighted by molar-refractivity contribution is 7.45. The predicted octanol–water partition coefficient (Wildman–Crippen LogP) is 0.837. The van der Waals surface area contributed by atoms with Crippen LogP contribution >= 0.6 is 19.6 Å². The van der Waals surface area contributed by atoms with Crippen molar-refractivity contribution in [3.05, 3.63) is 24.3 Å². The Bertz CT molecular complexity index is 333. The first-order valence-corrected chi connectivity index (χ1v) is 5.85. The molecule has 92 valence electrons.